The average molecular weight is 497 g/mol. The molecule has 0 radical (unpaired) electrons. The van der Waals surface area contributed by atoms with E-state index in [-0.39, 0.29) is 31.6 Å². The topological polar surface area (TPSA) is 70.1 Å². The van der Waals surface area contributed by atoms with E-state index in [9.17, 15) is 13.6 Å². The molecule has 1 aliphatic heterocycles. The van der Waals surface area contributed by atoms with Crippen LogP contribution in [0.4, 0.5) is 24.5 Å². The summed E-state index contributed by atoms with van der Waals surface area (Å²) in [6.07, 6.45) is 1.78. The summed E-state index contributed by atoms with van der Waals surface area (Å²) in [5, 5.41) is 4.33. The molecule has 4 aromatic rings. The predicted octanol–water partition coefficient (Wildman–Crippen LogP) is 5.02. The molecule has 1 saturated heterocycles. The Morgan fingerprint density at radius 2 is 1.92 bits per heavy atom. The summed E-state index contributed by atoms with van der Waals surface area (Å²) in [4.78, 5) is 23.0. The lowest BCUT2D eigenvalue weighted by atomic mass is 9.94. The number of carbonyl (C=O) groups is 1. The molecule has 7 nitrogen and oxygen atoms in total. The third-order valence-corrected chi connectivity index (χ3v) is 7.13. The number of halogens is 3. The van der Waals surface area contributed by atoms with Crippen molar-refractivity contribution in [2.45, 2.75) is 31.7 Å². The van der Waals surface area contributed by atoms with Crippen molar-refractivity contribution in [1.82, 2.24) is 19.7 Å². The number of hydrogen-bond donors (Lipinski definition) is 1. The summed E-state index contributed by atoms with van der Waals surface area (Å²) < 4.78 is 44.7. The van der Waals surface area contributed by atoms with E-state index < -0.39 is 17.8 Å². The van der Waals surface area contributed by atoms with Crippen molar-refractivity contribution in [2.24, 2.45) is 7.05 Å². The molecule has 2 aromatic carbocycles. The summed E-state index contributed by atoms with van der Waals surface area (Å²) >= 11 is 0. The minimum atomic E-state index is -2.68. The molecule has 0 spiro atoms. The molecule has 5 rings (SSSR count). The highest BCUT2D eigenvalue weighted by Gasteiger charge is 2.35. The van der Waals surface area contributed by atoms with Gasteiger partial charge in [0.1, 0.15) is 11.5 Å². The van der Waals surface area contributed by atoms with Gasteiger partial charge in [-0.2, -0.15) is 5.10 Å². The number of anilines is 2. The highest BCUT2D eigenvalue weighted by atomic mass is 19.3. The Bertz CT molecular complexity index is 1420. The number of H-pyrrole nitrogens is 1. The van der Waals surface area contributed by atoms with Gasteiger partial charge in [-0.3, -0.25) is 9.48 Å². The standard InChI is InChI=1S/C26H27F3N6O/c1-16-24(23(14-36)32-34(16)3)25(33(2)17-5-7-21-22(13-17)31-15-30-21)19-6-4-18(12-20(19)27)35-10-8-26(28,29)9-11-35/h4-7,12-15,25H,8-11H2,1-3H3,(H,30,31). The molecule has 3 heterocycles. The molecule has 0 saturated carbocycles. The number of fused-ring (bicyclic) bond motifs is 1. The number of carbonyl (C=O) groups excluding carboxylic acids is 1. The van der Waals surface area contributed by atoms with Crippen molar-refractivity contribution in [1.29, 1.82) is 0 Å². The maximum absolute atomic E-state index is 15.8. The van der Waals surface area contributed by atoms with Crippen LogP contribution < -0.4 is 9.80 Å². The SMILES string of the molecule is Cc1c(C(c2ccc(N3CCC(F)(F)CC3)cc2F)N(C)c2ccc3[nH]cnc3c2)c(C=O)nn1C. The molecule has 36 heavy (non-hydrogen) atoms. The molecule has 0 aliphatic carbocycles. The van der Waals surface area contributed by atoms with Crippen LogP contribution in [0.15, 0.2) is 42.7 Å². The lowest BCUT2D eigenvalue weighted by Gasteiger charge is -2.34. The van der Waals surface area contributed by atoms with Gasteiger partial charge in [0, 0.05) is 68.2 Å². The van der Waals surface area contributed by atoms with Crippen molar-refractivity contribution < 1.29 is 18.0 Å². The van der Waals surface area contributed by atoms with E-state index in [0.717, 1.165) is 22.4 Å². The van der Waals surface area contributed by atoms with Crippen LogP contribution in [-0.2, 0) is 7.05 Å². The van der Waals surface area contributed by atoms with Gasteiger partial charge in [0.25, 0.3) is 5.92 Å². The second kappa shape index (κ2) is 9.00. The fourth-order valence-corrected chi connectivity index (χ4v) is 4.95. The zero-order chi connectivity index (χ0) is 25.6. The first-order valence-electron chi connectivity index (χ1n) is 11.8. The van der Waals surface area contributed by atoms with Crippen molar-refractivity contribution in [3.8, 4) is 0 Å². The van der Waals surface area contributed by atoms with Crippen molar-refractivity contribution in [2.75, 3.05) is 29.9 Å². The maximum atomic E-state index is 15.8. The fourth-order valence-electron chi connectivity index (χ4n) is 4.95. The molecule has 0 bridgehead atoms. The van der Waals surface area contributed by atoms with Gasteiger partial charge < -0.3 is 14.8 Å². The van der Waals surface area contributed by atoms with Gasteiger partial charge in [-0.1, -0.05) is 6.07 Å². The van der Waals surface area contributed by atoms with E-state index in [2.05, 4.69) is 15.1 Å². The zero-order valence-corrected chi connectivity index (χ0v) is 20.3. The summed E-state index contributed by atoms with van der Waals surface area (Å²) in [5.41, 5.74) is 4.88. The van der Waals surface area contributed by atoms with Gasteiger partial charge >= 0.3 is 0 Å². The van der Waals surface area contributed by atoms with Crippen molar-refractivity contribution in [3.05, 3.63) is 71.1 Å². The minimum absolute atomic E-state index is 0.163. The molecule has 10 heteroatoms. The Kier molecular flexibility index (Phi) is 5.97. The fraction of sp³-hybridized carbons (Fsp3) is 0.346. The van der Waals surface area contributed by atoms with E-state index in [1.165, 1.54) is 6.07 Å². The number of aromatic nitrogens is 4. The largest absolute Gasteiger partial charge is 0.371 e. The number of nitrogens with zero attached hydrogens (tertiary/aromatic N) is 5. The van der Waals surface area contributed by atoms with Crippen LogP contribution in [0, 0.1) is 12.7 Å². The second-order valence-corrected chi connectivity index (χ2v) is 9.29. The number of hydrogen-bond acceptors (Lipinski definition) is 5. The molecule has 1 atom stereocenters. The number of rotatable bonds is 6. The van der Waals surface area contributed by atoms with E-state index >= 15 is 4.39 Å². The second-order valence-electron chi connectivity index (χ2n) is 9.29. The van der Waals surface area contributed by atoms with Crippen LogP contribution in [0.25, 0.3) is 11.0 Å². The van der Waals surface area contributed by atoms with Crippen molar-refractivity contribution in [3.63, 3.8) is 0 Å². The van der Waals surface area contributed by atoms with Crippen LogP contribution in [-0.4, -0.2) is 52.1 Å². The summed E-state index contributed by atoms with van der Waals surface area (Å²) in [7, 11) is 3.57. The van der Waals surface area contributed by atoms with Crippen LogP contribution in [0.2, 0.25) is 0 Å². The third kappa shape index (κ3) is 4.20. The van der Waals surface area contributed by atoms with Gasteiger partial charge in [-0.15, -0.1) is 0 Å². The van der Waals surface area contributed by atoms with Gasteiger partial charge in [-0.25, -0.2) is 18.2 Å². The number of alkyl halides is 2. The smallest absolute Gasteiger partial charge is 0.251 e. The Balaban J connectivity index is 1.59. The Hall–Kier alpha value is -3.82. The molecule has 1 aliphatic rings. The molecule has 2 aromatic heterocycles. The lowest BCUT2D eigenvalue weighted by molar-refractivity contribution is -0.0220. The highest BCUT2D eigenvalue weighted by molar-refractivity contribution is 5.80. The van der Waals surface area contributed by atoms with E-state index in [1.54, 1.807) is 35.1 Å². The molecule has 1 unspecified atom stereocenters. The van der Waals surface area contributed by atoms with Crippen LogP contribution in [0.3, 0.4) is 0 Å². The minimum Gasteiger partial charge on any atom is -0.371 e. The van der Waals surface area contributed by atoms with E-state index in [0.29, 0.717) is 23.1 Å². The third-order valence-electron chi connectivity index (χ3n) is 7.13. The molecular weight excluding hydrogens is 469 g/mol. The summed E-state index contributed by atoms with van der Waals surface area (Å²) in [6, 6.07) is 9.84. The quantitative estimate of drug-likeness (QED) is 0.380. The van der Waals surface area contributed by atoms with Crippen LogP contribution >= 0.6 is 0 Å². The monoisotopic (exact) mass is 496 g/mol. The Morgan fingerprint density at radius 1 is 1.17 bits per heavy atom. The summed E-state index contributed by atoms with van der Waals surface area (Å²) in [5.74, 6) is -3.16. The molecule has 1 N–H and O–H groups in total. The van der Waals surface area contributed by atoms with Gasteiger partial charge in [-0.05, 0) is 37.3 Å². The summed E-state index contributed by atoms with van der Waals surface area (Å²) in [6.45, 7) is 2.17. The predicted molar refractivity (Wildman–Crippen MR) is 132 cm³/mol. The molecular formula is C26H27F3N6O. The zero-order valence-electron chi connectivity index (χ0n) is 20.3. The number of imidazole rings is 1. The average Bonchev–Trinajstić information content (AvgIpc) is 3.44. The van der Waals surface area contributed by atoms with Gasteiger partial charge in [0.2, 0.25) is 0 Å². The van der Waals surface area contributed by atoms with E-state index in [1.807, 2.05) is 37.1 Å². The first kappa shape index (κ1) is 23.9. The Morgan fingerprint density at radius 3 is 2.61 bits per heavy atom. The lowest BCUT2D eigenvalue weighted by Crippen LogP contribution is -2.39. The maximum Gasteiger partial charge on any atom is 0.251 e. The van der Waals surface area contributed by atoms with Crippen molar-refractivity contribution >= 4 is 28.7 Å². The highest BCUT2D eigenvalue weighted by Crippen LogP contribution is 2.38. The molecule has 0 amide bonds. The number of aromatic amines is 1. The van der Waals surface area contributed by atoms with Crippen LogP contribution in [0.1, 0.15) is 46.2 Å². The first-order valence-corrected chi connectivity index (χ1v) is 11.8. The number of piperidine rings is 1. The number of benzene rings is 2. The molecule has 1 fully saturated rings. The van der Waals surface area contributed by atoms with Gasteiger partial charge in [0.15, 0.2) is 6.29 Å². The first-order chi connectivity index (χ1) is 17.2. The van der Waals surface area contributed by atoms with E-state index in [4.69, 9.17) is 0 Å². The van der Waals surface area contributed by atoms with Gasteiger partial charge in [0.05, 0.1) is 23.4 Å². The van der Waals surface area contributed by atoms with Crippen LogP contribution in [0.5, 0.6) is 0 Å². The normalized spacial score (nSPS) is 16.3. The Labute approximate surface area is 206 Å². The number of aryl methyl sites for hydroxylation is 1. The number of aldehydes is 1. The molecule has 188 valence electrons. The number of nitrogens with one attached hydrogen (secondary N) is 1.